The van der Waals surface area contributed by atoms with Crippen molar-refractivity contribution < 1.29 is 23.4 Å². The Morgan fingerprint density at radius 1 is 1.04 bits per heavy atom. The van der Waals surface area contributed by atoms with Gasteiger partial charge in [-0.25, -0.2) is 13.6 Å². The molecule has 5 heteroatoms. The van der Waals surface area contributed by atoms with Crippen molar-refractivity contribution in [2.45, 2.75) is 0 Å². The number of hydrogen-bond acceptors (Lipinski definition) is 2. The van der Waals surface area contributed by atoms with E-state index in [1.54, 1.807) is 42.5 Å². The second kappa shape index (κ2) is 8.59. The van der Waals surface area contributed by atoms with E-state index in [4.69, 9.17) is 4.74 Å². The third kappa shape index (κ3) is 4.88. The van der Waals surface area contributed by atoms with Crippen LogP contribution < -0.4 is 0 Å². The Bertz CT molecular complexity index is 852. The smallest absolute Gasteiger partial charge is 0.339 e. The van der Waals surface area contributed by atoms with E-state index in [0.717, 1.165) is 6.07 Å². The fourth-order valence-corrected chi connectivity index (χ4v) is 2.19. The SMILES string of the molecule is COC=C(C(=O)O)c1ccccc1C=CC=Cc1ccc(F)cc1F. The molecule has 0 aliphatic heterocycles. The summed E-state index contributed by atoms with van der Waals surface area (Å²) in [5, 5.41) is 9.30. The molecule has 1 N–H and O–H groups in total. The zero-order chi connectivity index (χ0) is 18.2. The Morgan fingerprint density at radius 2 is 1.72 bits per heavy atom. The summed E-state index contributed by atoms with van der Waals surface area (Å²) >= 11 is 0. The van der Waals surface area contributed by atoms with Gasteiger partial charge in [0, 0.05) is 11.6 Å². The van der Waals surface area contributed by atoms with Gasteiger partial charge in [0.2, 0.25) is 0 Å². The van der Waals surface area contributed by atoms with E-state index in [1.165, 1.54) is 31.6 Å². The van der Waals surface area contributed by atoms with E-state index < -0.39 is 17.6 Å². The van der Waals surface area contributed by atoms with Crippen LogP contribution in [0.3, 0.4) is 0 Å². The Labute approximate surface area is 144 Å². The Kier molecular flexibility index (Phi) is 6.23. The van der Waals surface area contributed by atoms with Gasteiger partial charge >= 0.3 is 5.97 Å². The second-order valence-corrected chi connectivity index (χ2v) is 5.04. The van der Waals surface area contributed by atoms with Crippen LogP contribution in [0.4, 0.5) is 8.78 Å². The third-order valence-electron chi connectivity index (χ3n) is 3.34. The summed E-state index contributed by atoms with van der Waals surface area (Å²) in [6.07, 6.45) is 7.59. The van der Waals surface area contributed by atoms with Crippen LogP contribution in [0.1, 0.15) is 16.7 Å². The van der Waals surface area contributed by atoms with Gasteiger partial charge in [-0.2, -0.15) is 0 Å². The van der Waals surface area contributed by atoms with Crippen LogP contribution in [0.15, 0.2) is 60.9 Å². The highest BCUT2D eigenvalue weighted by atomic mass is 19.1. The van der Waals surface area contributed by atoms with E-state index in [2.05, 4.69) is 0 Å². The molecule has 25 heavy (non-hydrogen) atoms. The van der Waals surface area contributed by atoms with Gasteiger partial charge in [-0.3, -0.25) is 0 Å². The highest BCUT2D eigenvalue weighted by molar-refractivity contribution is 6.16. The van der Waals surface area contributed by atoms with Crippen LogP contribution in [0.25, 0.3) is 17.7 Å². The van der Waals surface area contributed by atoms with Crippen molar-refractivity contribution in [2.24, 2.45) is 0 Å². The molecule has 128 valence electrons. The number of ether oxygens (including phenoxy) is 1. The van der Waals surface area contributed by atoms with E-state index in [0.29, 0.717) is 11.1 Å². The number of benzene rings is 2. The molecule has 2 aromatic rings. The maximum Gasteiger partial charge on any atom is 0.339 e. The lowest BCUT2D eigenvalue weighted by molar-refractivity contribution is -0.130. The summed E-state index contributed by atoms with van der Waals surface area (Å²) in [7, 11) is 1.38. The number of rotatable bonds is 6. The third-order valence-corrected chi connectivity index (χ3v) is 3.34. The van der Waals surface area contributed by atoms with E-state index >= 15 is 0 Å². The molecular formula is C20H16F2O3. The first-order valence-electron chi connectivity index (χ1n) is 7.38. The minimum absolute atomic E-state index is 0.0244. The predicted octanol–water partition coefficient (Wildman–Crippen LogP) is 4.76. The minimum Gasteiger partial charge on any atom is -0.503 e. The van der Waals surface area contributed by atoms with Crippen LogP contribution >= 0.6 is 0 Å². The van der Waals surface area contributed by atoms with E-state index in [-0.39, 0.29) is 11.1 Å². The van der Waals surface area contributed by atoms with Crippen molar-refractivity contribution in [3.63, 3.8) is 0 Å². The second-order valence-electron chi connectivity index (χ2n) is 5.04. The van der Waals surface area contributed by atoms with Gasteiger partial charge in [0.15, 0.2) is 0 Å². The highest BCUT2D eigenvalue weighted by Gasteiger charge is 2.13. The number of allylic oxidation sites excluding steroid dienone is 2. The fraction of sp³-hybridized carbons (Fsp3) is 0.0500. The topological polar surface area (TPSA) is 46.5 Å². The molecule has 0 spiro atoms. The predicted molar refractivity (Wildman–Crippen MR) is 93.5 cm³/mol. The molecule has 2 rings (SSSR count). The van der Waals surface area contributed by atoms with Crippen LogP contribution in [-0.4, -0.2) is 18.2 Å². The zero-order valence-electron chi connectivity index (χ0n) is 13.4. The van der Waals surface area contributed by atoms with Crippen molar-refractivity contribution in [3.8, 4) is 0 Å². The lowest BCUT2D eigenvalue weighted by atomic mass is 10.00. The summed E-state index contributed by atoms with van der Waals surface area (Å²) in [4.78, 5) is 11.4. The summed E-state index contributed by atoms with van der Waals surface area (Å²) < 4.78 is 31.2. The molecule has 2 aromatic carbocycles. The molecule has 0 saturated heterocycles. The van der Waals surface area contributed by atoms with E-state index in [9.17, 15) is 18.7 Å². The zero-order valence-corrected chi connectivity index (χ0v) is 13.4. The summed E-state index contributed by atoms with van der Waals surface area (Å²) in [6, 6.07) is 10.3. The van der Waals surface area contributed by atoms with Gasteiger partial charge in [0.1, 0.15) is 17.2 Å². The lowest BCUT2D eigenvalue weighted by Crippen LogP contribution is -2.02. The number of carbonyl (C=O) groups is 1. The summed E-state index contributed by atoms with van der Waals surface area (Å²) in [5.74, 6) is -2.39. The molecular weight excluding hydrogens is 326 g/mol. The summed E-state index contributed by atoms with van der Waals surface area (Å²) in [6.45, 7) is 0. The van der Waals surface area contributed by atoms with Gasteiger partial charge in [-0.1, -0.05) is 48.6 Å². The van der Waals surface area contributed by atoms with Gasteiger partial charge in [0.05, 0.1) is 13.4 Å². The number of methoxy groups -OCH3 is 1. The Morgan fingerprint density at radius 3 is 2.36 bits per heavy atom. The molecule has 0 unspecified atom stereocenters. The number of hydrogen-bond donors (Lipinski definition) is 1. The largest absolute Gasteiger partial charge is 0.503 e. The molecule has 0 aliphatic rings. The summed E-state index contributed by atoms with van der Waals surface area (Å²) in [5.41, 5.74) is 1.44. The van der Waals surface area contributed by atoms with Crippen molar-refractivity contribution in [1.29, 1.82) is 0 Å². The molecule has 0 fully saturated rings. The maximum atomic E-state index is 13.5. The van der Waals surface area contributed by atoms with E-state index in [1.807, 2.05) is 0 Å². The molecule has 0 bridgehead atoms. The van der Waals surface area contributed by atoms with Crippen molar-refractivity contribution in [2.75, 3.05) is 7.11 Å². The standard InChI is InChI=1S/C20H16F2O3/c1-25-13-18(20(23)24)17-9-5-4-7-14(17)6-2-3-8-15-10-11-16(21)12-19(15)22/h2-13H,1H3,(H,23,24). The van der Waals surface area contributed by atoms with Crippen LogP contribution in [0.5, 0.6) is 0 Å². The average molecular weight is 342 g/mol. The lowest BCUT2D eigenvalue weighted by Gasteiger charge is -2.06. The maximum absolute atomic E-state index is 13.5. The molecule has 0 atom stereocenters. The van der Waals surface area contributed by atoms with Crippen LogP contribution in [0.2, 0.25) is 0 Å². The van der Waals surface area contributed by atoms with Crippen molar-refractivity contribution >= 4 is 23.7 Å². The first kappa shape index (κ1) is 18.1. The Balaban J connectivity index is 2.26. The first-order valence-corrected chi connectivity index (χ1v) is 7.38. The first-order chi connectivity index (χ1) is 12.0. The van der Waals surface area contributed by atoms with Crippen LogP contribution in [0, 0.1) is 11.6 Å². The van der Waals surface area contributed by atoms with Crippen LogP contribution in [-0.2, 0) is 9.53 Å². The fourth-order valence-electron chi connectivity index (χ4n) is 2.19. The minimum atomic E-state index is -1.10. The average Bonchev–Trinajstić information content (AvgIpc) is 2.58. The number of aliphatic carboxylic acids is 1. The highest BCUT2D eigenvalue weighted by Crippen LogP contribution is 2.21. The number of carboxylic acids is 1. The molecule has 0 aromatic heterocycles. The van der Waals surface area contributed by atoms with Gasteiger partial charge < -0.3 is 9.84 Å². The normalized spacial score (nSPS) is 12.0. The molecule has 0 saturated carbocycles. The van der Waals surface area contributed by atoms with Crippen molar-refractivity contribution in [3.05, 3.63) is 89.2 Å². The molecule has 0 amide bonds. The molecule has 3 nitrogen and oxygen atoms in total. The number of halogens is 2. The number of carboxylic acid groups (broad SMARTS) is 1. The Hall–Kier alpha value is -3.21. The van der Waals surface area contributed by atoms with Gasteiger partial charge in [-0.05, 0) is 23.3 Å². The van der Waals surface area contributed by atoms with Gasteiger partial charge in [0.25, 0.3) is 0 Å². The molecule has 0 heterocycles. The monoisotopic (exact) mass is 342 g/mol. The van der Waals surface area contributed by atoms with Gasteiger partial charge in [-0.15, -0.1) is 0 Å². The quantitative estimate of drug-likeness (QED) is 0.467. The molecule has 0 aliphatic carbocycles. The van der Waals surface area contributed by atoms with Crippen molar-refractivity contribution in [1.82, 2.24) is 0 Å². The molecule has 0 radical (unpaired) electrons.